The average Bonchev–Trinajstić information content (AvgIpc) is 2.27. The van der Waals surface area contributed by atoms with E-state index in [1.807, 2.05) is 26.8 Å². The van der Waals surface area contributed by atoms with Crippen molar-refractivity contribution in [1.29, 1.82) is 0 Å². The van der Waals surface area contributed by atoms with Gasteiger partial charge in [-0.2, -0.15) is 0 Å². The van der Waals surface area contributed by atoms with E-state index >= 15 is 0 Å². The molecule has 0 saturated heterocycles. The van der Waals surface area contributed by atoms with Crippen LogP contribution in [0.15, 0.2) is 6.07 Å². The van der Waals surface area contributed by atoms with Gasteiger partial charge in [-0.15, -0.1) is 0 Å². The van der Waals surface area contributed by atoms with Gasteiger partial charge in [-0.1, -0.05) is 0 Å². The zero-order valence-corrected chi connectivity index (χ0v) is 11.8. The zero-order chi connectivity index (χ0) is 14.1. The Morgan fingerprint density at radius 1 is 1.28 bits per heavy atom. The largest absolute Gasteiger partial charge is 0.496 e. The Kier molecular flexibility index (Phi) is 4.02. The first-order valence-electron chi connectivity index (χ1n) is 5.87. The number of nitrogens with one attached hydrogen (secondary N) is 1. The van der Waals surface area contributed by atoms with Crippen LogP contribution in [0.2, 0.25) is 0 Å². The van der Waals surface area contributed by atoms with E-state index in [0.29, 0.717) is 0 Å². The SMILES string of the molecule is COc1cc(C)c(NC(=O)C(C)(C)O)c(C)c1C. The van der Waals surface area contributed by atoms with Crippen LogP contribution in [0.3, 0.4) is 0 Å². The lowest BCUT2D eigenvalue weighted by Gasteiger charge is -2.21. The van der Waals surface area contributed by atoms with E-state index < -0.39 is 11.5 Å². The van der Waals surface area contributed by atoms with Crippen molar-refractivity contribution in [2.24, 2.45) is 0 Å². The summed E-state index contributed by atoms with van der Waals surface area (Å²) in [6, 6.07) is 1.88. The maximum absolute atomic E-state index is 11.8. The van der Waals surface area contributed by atoms with Crippen molar-refractivity contribution in [3.8, 4) is 5.75 Å². The van der Waals surface area contributed by atoms with E-state index in [-0.39, 0.29) is 0 Å². The van der Waals surface area contributed by atoms with Gasteiger partial charge in [0, 0.05) is 5.69 Å². The molecule has 18 heavy (non-hydrogen) atoms. The number of aryl methyl sites for hydroxylation is 1. The smallest absolute Gasteiger partial charge is 0.255 e. The molecule has 0 radical (unpaired) electrons. The minimum Gasteiger partial charge on any atom is -0.496 e. The summed E-state index contributed by atoms with van der Waals surface area (Å²) in [5, 5.41) is 12.4. The number of rotatable bonds is 3. The van der Waals surface area contributed by atoms with Gasteiger partial charge in [0.15, 0.2) is 0 Å². The van der Waals surface area contributed by atoms with Gasteiger partial charge in [0.1, 0.15) is 11.4 Å². The fourth-order valence-electron chi connectivity index (χ4n) is 1.72. The second-order valence-electron chi connectivity index (χ2n) is 5.03. The van der Waals surface area contributed by atoms with Gasteiger partial charge in [-0.05, 0) is 57.4 Å². The molecule has 1 rings (SSSR count). The third kappa shape index (κ3) is 2.82. The van der Waals surface area contributed by atoms with Crippen molar-refractivity contribution >= 4 is 11.6 Å². The molecule has 0 heterocycles. The summed E-state index contributed by atoms with van der Waals surface area (Å²) in [7, 11) is 1.62. The van der Waals surface area contributed by atoms with Gasteiger partial charge >= 0.3 is 0 Å². The molecule has 1 amide bonds. The second-order valence-corrected chi connectivity index (χ2v) is 5.03. The summed E-state index contributed by atoms with van der Waals surface area (Å²) >= 11 is 0. The molecule has 0 spiro atoms. The fourth-order valence-corrected chi connectivity index (χ4v) is 1.72. The van der Waals surface area contributed by atoms with Gasteiger partial charge < -0.3 is 15.2 Å². The maximum atomic E-state index is 11.8. The molecule has 0 aliphatic heterocycles. The highest BCUT2D eigenvalue weighted by Crippen LogP contribution is 2.31. The Morgan fingerprint density at radius 3 is 2.28 bits per heavy atom. The van der Waals surface area contributed by atoms with Crippen LogP contribution in [0.1, 0.15) is 30.5 Å². The number of hydrogen-bond acceptors (Lipinski definition) is 3. The minimum absolute atomic E-state index is 0.418. The van der Waals surface area contributed by atoms with Gasteiger partial charge in [-0.3, -0.25) is 4.79 Å². The van der Waals surface area contributed by atoms with Gasteiger partial charge in [0.25, 0.3) is 5.91 Å². The topological polar surface area (TPSA) is 58.6 Å². The Labute approximate surface area is 108 Å². The van der Waals surface area contributed by atoms with Crippen LogP contribution in [-0.2, 0) is 4.79 Å². The Balaban J connectivity index is 3.19. The predicted octanol–water partition coefficient (Wildman–Crippen LogP) is 2.33. The van der Waals surface area contributed by atoms with Gasteiger partial charge in [-0.25, -0.2) is 0 Å². The van der Waals surface area contributed by atoms with Crippen molar-refractivity contribution in [3.05, 3.63) is 22.8 Å². The molecule has 4 nitrogen and oxygen atoms in total. The summed E-state index contributed by atoms with van der Waals surface area (Å²) in [5.41, 5.74) is 2.18. The van der Waals surface area contributed by atoms with Crippen LogP contribution in [-0.4, -0.2) is 23.7 Å². The summed E-state index contributed by atoms with van der Waals surface area (Å²) in [6.07, 6.45) is 0. The highest BCUT2D eigenvalue weighted by molar-refractivity contribution is 5.98. The first-order chi connectivity index (χ1) is 8.18. The Morgan fingerprint density at radius 2 is 1.83 bits per heavy atom. The molecule has 0 aromatic heterocycles. The van der Waals surface area contributed by atoms with E-state index in [1.165, 1.54) is 13.8 Å². The van der Waals surface area contributed by atoms with E-state index in [0.717, 1.165) is 28.1 Å². The lowest BCUT2D eigenvalue weighted by Crippen LogP contribution is -2.37. The lowest BCUT2D eigenvalue weighted by molar-refractivity contribution is -0.130. The minimum atomic E-state index is -1.40. The molecular formula is C14H21NO3. The Bertz CT molecular complexity index is 473. The van der Waals surface area contributed by atoms with Crippen LogP contribution in [0.25, 0.3) is 0 Å². The summed E-state index contributed by atoms with van der Waals surface area (Å²) in [6.45, 7) is 8.68. The first kappa shape index (κ1) is 14.5. The number of aliphatic hydroxyl groups is 1. The summed E-state index contributed by atoms with van der Waals surface area (Å²) < 4.78 is 5.27. The number of methoxy groups -OCH3 is 1. The normalized spacial score (nSPS) is 11.3. The monoisotopic (exact) mass is 251 g/mol. The van der Waals surface area contributed by atoms with E-state index in [9.17, 15) is 9.90 Å². The molecule has 0 aliphatic carbocycles. The molecular weight excluding hydrogens is 230 g/mol. The van der Waals surface area contributed by atoms with Crippen molar-refractivity contribution in [2.75, 3.05) is 12.4 Å². The van der Waals surface area contributed by atoms with E-state index in [4.69, 9.17) is 4.74 Å². The molecule has 1 aromatic rings. The zero-order valence-electron chi connectivity index (χ0n) is 11.8. The second kappa shape index (κ2) is 4.98. The third-order valence-corrected chi connectivity index (χ3v) is 3.06. The van der Waals surface area contributed by atoms with Crippen LogP contribution in [0.5, 0.6) is 5.75 Å². The van der Waals surface area contributed by atoms with Gasteiger partial charge in [0.2, 0.25) is 0 Å². The van der Waals surface area contributed by atoms with Crippen LogP contribution < -0.4 is 10.1 Å². The van der Waals surface area contributed by atoms with Crippen LogP contribution in [0.4, 0.5) is 5.69 Å². The maximum Gasteiger partial charge on any atom is 0.255 e. The number of benzene rings is 1. The fraction of sp³-hybridized carbons (Fsp3) is 0.500. The standard InChI is InChI=1S/C14H21NO3/c1-8-7-11(18-6)9(2)10(3)12(8)15-13(16)14(4,5)17/h7,17H,1-6H3,(H,15,16). The Hall–Kier alpha value is -1.55. The molecule has 0 saturated carbocycles. The summed E-state index contributed by atoms with van der Waals surface area (Å²) in [5.74, 6) is 0.379. The average molecular weight is 251 g/mol. The number of amides is 1. The van der Waals surface area contributed by atoms with Crippen molar-refractivity contribution < 1.29 is 14.6 Å². The lowest BCUT2D eigenvalue weighted by atomic mass is 10.0. The number of anilines is 1. The molecule has 0 atom stereocenters. The van der Waals surface area contributed by atoms with E-state index in [1.54, 1.807) is 7.11 Å². The molecule has 0 fully saturated rings. The molecule has 0 bridgehead atoms. The highest BCUT2D eigenvalue weighted by atomic mass is 16.5. The summed E-state index contributed by atoms with van der Waals surface area (Å²) in [4.78, 5) is 11.8. The number of carbonyl (C=O) groups is 1. The molecule has 0 aliphatic rings. The third-order valence-electron chi connectivity index (χ3n) is 3.06. The number of hydrogen-bond donors (Lipinski definition) is 2. The molecule has 1 aromatic carbocycles. The quantitative estimate of drug-likeness (QED) is 0.866. The van der Waals surface area contributed by atoms with Crippen LogP contribution >= 0.6 is 0 Å². The number of ether oxygens (including phenoxy) is 1. The highest BCUT2D eigenvalue weighted by Gasteiger charge is 2.25. The molecule has 0 unspecified atom stereocenters. The molecule has 2 N–H and O–H groups in total. The molecule has 4 heteroatoms. The van der Waals surface area contributed by atoms with Gasteiger partial charge in [0.05, 0.1) is 7.11 Å². The first-order valence-corrected chi connectivity index (χ1v) is 5.87. The van der Waals surface area contributed by atoms with Crippen molar-refractivity contribution in [2.45, 2.75) is 40.2 Å². The number of carbonyl (C=O) groups excluding carboxylic acids is 1. The van der Waals surface area contributed by atoms with Crippen molar-refractivity contribution in [3.63, 3.8) is 0 Å². The molecule has 100 valence electrons. The van der Waals surface area contributed by atoms with Crippen LogP contribution in [0, 0.1) is 20.8 Å². The van der Waals surface area contributed by atoms with E-state index in [2.05, 4.69) is 5.32 Å². The van der Waals surface area contributed by atoms with Crippen molar-refractivity contribution in [1.82, 2.24) is 0 Å². The predicted molar refractivity (Wildman–Crippen MR) is 72.1 cm³/mol.